The number of fused-ring (bicyclic) bond motifs is 1. The Hall–Kier alpha value is -3.26. The van der Waals surface area contributed by atoms with Crippen molar-refractivity contribution in [1.29, 1.82) is 0 Å². The van der Waals surface area contributed by atoms with Crippen LogP contribution in [0.25, 0.3) is 0 Å². The Morgan fingerprint density at radius 1 is 1.16 bits per heavy atom. The number of aromatic nitrogens is 1. The van der Waals surface area contributed by atoms with Crippen LogP contribution >= 0.6 is 15.9 Å². The molecule has 2 N–H and O–H groups in total. The number of benzene rings is 1. The van der Waals surface area contributed by atoms with E-state index < -0.39 is 0 Å². The van der Waals surface area contributed by atoms with Crippen LogP contribution in [0.4, 0.5) is 5.69 Å². The molecule has 1 aromatic carbocycles. The summed E-state index contributed by atoms with van der Waals surface area (Å²) in [5.74, 6) is 0.308. The highest BCUT2D eigenvalue weighted by Gasteiger charge is 2.28. The Kier molecular flexibility index (Phi) is 5.99. The van der Waals surface area contributed by atoms with Crippen molar-refractivity contribution in [1.82, 2.24) is 10.4 Å². The Labute approximate surface area is 188 Å². The predicted octanol–water partition coefficient (Wildman–Crippen LogP) is 4.78. The third-order valence-corrected chi connectivity index (χ3v) is 5.78. The predicted molar refractivity (Wildman–Crippen MR) is 121 cm³/mol. The molecule has 0 saturated heterocycles. The third kappa shape index (κ3) is 4.44. The van der Waals surface area contributed by atoms with Crippen molar-refractivity contribution in [3.05, 3.63) is 81.0 Å². The fourth-order valence-electron chi connectivity index (χ4n) is 3.58. The number of amides is 2. The Morgan fingerprint density at radius 3 is 2.74 bits per heavy atom. The molecule has 1 aliphatic rings. The third-order valence-electron chi connectivity index (χ3n) is 5.12. The maximum atomic E-state index is 12.9. The molecule has 3 aromatic rings. The van der Waals surface area contributed by atoms with E-state index in [4.69, 9.17) is 4.42 Å². The lowest BCUT2D eigenvalue weighted by Gasteiger charge is -2.13. The average Bonchev–Trinajstić information content (AvgIpc) is 3.12. The summed E-state index contributed by atoms with van der Waals surface area (Å²) in [5, 5.41) is 7.23. The van der Waals surface area contributed by atoms with Gasteiger partial charge >= 0.3 is 0 Å². The van der Waals surface area contributed by atoms with Crippen molar-refractivity contribution in [2.24, 2.45) is 5.10 Å². The van der Waals surface area contributed by atoms with Gasteiger partial charge in [0.05, 0.1) is 17.0 Å². The first-order valence-electron chi connectivity index (χ1n) is 9.91. The molecule has 158 valence electrons. The standard InChI is InChI=1S/C23H21BrN4O3/c1-13-8-9-17(16(24)11-13)26-23(30)21-14(2)20-18(6-3-7-19(20)31-21)27-28-22(29)15-5-4-10-25-12-15/h4-5,8-12H,3,6-7H2,1-2H3,(H,26,30)(H,28,29)/b27-18+. The van der Waals surface area contributed by atoms with Gasteiger partial charge in [0.1, 0.15) is 5.76 Å². The van der Waals surface area contributed by atoms with E-state index in [0.29, 0.717) is 41.1 Å². The van der Waals surface area contributed by atoms with E-state index in [9.17, 15) is 9.59 Å². The molecule has 0 atom stereocenters. The van der Waals surface area contributed by atoms with E-state index in [1.165, 1.54) is 6.20 Å². The van der Waals surface area contributed by atoms with E-state index in [0.717, 1.165) is 22.0 Å². The molecule has 2 heterocycles. The highest BCUT2D eigenvalue weighted by molar-refractivity contribution is 9.10. The van der Waals surface area contributed by atoms with Gasteiger partial charge in [0.25, 0.3) is 11.8 Å². The molecule has 0 aliphatic heterocycles. The van der Waals surface area contributed by atoms with Gasteiger partial charge < -0.3 is 9.73 Å². The van der Waals surface area contributed by atoms with Gasteiger partial charge in [-0.1, -0.05) is 6.07 Å². The summed E-state index contributed by atoms with van der Waals surface area (Å²) in [6.07, 6.45) is 5.31. The minimum atomic E-state index is -0.337. The monoisotopic (exact) mass is 480 g/mol. The first kappa shape index (κ1) is 21.0. The number of rotatable bonds is 4. The number of hydrogen-bond acceptors (Lipinski definition) is 5. The molecule has 0 radical (unpaired) electrons. The zero-order chi connectivity index (χ0) is 22.0. The molecule has 8 heteroatoms. The number of carbonyl (C=O) groups is 2. The van der Waals surface area contributed by atoms with E-state index in [1.807, 2.05) is 32.0 Å². The van der Waals surface area contributed by atoms with Crippen molar-refractivity contribution in [2.75, 3.05) is 5.32 Å². The van der Waals surface area contributed by atoms with Crippen molar-refractivity contribution in [3.63, 3.8) is 0 Å². The minimum Gasteiger partial charge on any atom is -0.455 e. The van der Waals surface area contributed by atoms with Crippen LogP contribution in [0, 0.1) is 13.8 Å². The minimum absolute atomic E-state index is 0.255. The second kappa shape index (κ2) is 8.85. The molecule has 0 bridgehead atoms. The summed E-state index contributed by atoms with van der Waals surface area (Å²) >= 11 is 3.48. The molecule has 2 aromatic heterocycles. The quantitative estimate of drug-likeness (QED) is 0.525. The van der Waals surface area contributed by atoms with Gasteiger partial charge in [-0.2, -0.15) is 5.10 Å². The van der Waals surface area contributed by atoms with Crippen LogP contribution in [0.1, 0.15) is 56.2 Å². The zero-order valence-corrected chi connectivity index (χ0v) is 18.7. The lowest BCUT2D eigenvalue weighted by Crippen LogP contribution is -2.22. The summed E-state index contributed by atoms with van der Waals surface area (Å²) in [4.78, 5) is 29.2. The van der Waals surface area contributed by atoms with Gasteiger partial charge in [0, 0.05) is 34.4 Å². The number of carbonyl (C=O) groups excluding carboxylic acids is 2. The second-order valence-electron chi connectivity index (χ2n) is 7.39. The molecule has 0 fully saturated rings. The van der Waals surface area contributed by atoms with Gasteiger partial charge in [-0.3, -0.25) is 14.6 Å². The number of nitrogens with zero attached hydrogens (tertiary/aromatic N) is 2. The van der Waals surface area contributed by atoms with Crippen LogP contribution in [0.5, 0.6) is 0 Å². The van der Waals surface area contributed by atoms with E-state index in [1.54, 1.807) is 18.3 Å². The summed E-state index contributed by atoms with van der Waals surface area (Å²) in [6, 6.07) is 9.07. The van der Waals surface area contributed by atoms with E-state index >= 15 is 0 Å². The number of nitrogens with one attached hydrogen (secondary N) is 2. The molecule has 0 saturated carbocycles. The Balaban J connectivity index is 1.58. The van der Waals surface area contributed by atoms with Crippen LogP contribution < -0.4 is 10.7 Å². The maximum absolute atomic E-state index is 12.9. The van der Waals surface area contributed by atoms with Crippen molar-refractivity contribution in [2.45, 2.75) is 33.1 Å². The Morgan fingerprint density at radius 2 is 2.00 bits per heavy atom. The topological polar surface area (TPSA) is 96.6 Å². The molecule has 0 unspecified atom stereocenters. The highest BCUT2D eigenvalue weighted by Crippen LogP contribution is 2.31. The molecule has 0 spiro atoms. The van der Waals surface area contributed by atoms with Crippen molar-refractivity contribution >= 4 is 39.1 Å². The van der Waals surface area contributed by atoms with Crippen LogP contribution in [0.3, 0.4) is 0 Å². The fraction of sp³-hybridized carbons (Fsp3) is 0.217. The number of hydrogen-bond donors (Lipinski definition) is 2. The number of anilines is 1. The number of aryl methyl sites for hydroxylation is 2. The SMILES string of the molecule is Cc1ccc(NC(=O)c2oc3c(c2C)/C(=N/NC(=O)c2cccnc2)CCC3)c(Br)c1. The van der Waals surface area contributed by atoms with E-state index in [2.05, 4.69) is 36.8 Å². The normalized spacial score (nSPS) is 14.2. The van der Waals surface area contributed by atoms with Crippen LogP contribution in [0.2, 0.25) is 0 Å². The molecule has 2 amide bonds. The van der Waals surface area contributed by atoms with Crippen LogP contribution in [0.15, 0.2) is 56.7 Å². The highest BCUT2D eigenvalue weighted by atomic mass is 79.9. The number of furan rings is 1. The van der Waals surface area contributed by atoms with E-state index in [-0.39, 0.29) is 17.6 Å². The summed E-state index contributed by atoms with van der Waals surface area (Å²) in [5.41, 5.74) is 6.98. The Bertz CT molecular complexity index is 1190. The number of halogens is 1. The lowest BCUT2D eigenvalue weighted by atomic mass is 9.93. The summed E-state index contributed by atoms with van der Waals surface area (Å²) in [7, 11) is 0. The fourth-order valence-corrected chi connectivity index (χ4v) is 4.17. The summed E-state index contributed by atoms with van der Waals surface area (Å²) < 4.78 is 6.73. The van der Waals surface area contributed by atoms with Crippen LogP contribution in [-0.2, 0) is 6.42 Å². The molecular weight excluding hydrogens is 460 g/mol. The molecule has 1 aliphatic carbocycles. The van der Waals surface area contributed by atoms with Crippen molar-refractivity contribution in [3.8, 4) is 0 Å². The molecule has 4 rings (SSSR count). The van der Waals surface area contributed by atoms with Gasteiger partial charge in [-0.25, -0.2) is 5.43 Å². The van der Waals surface area contributed by atoms with Gasteiger partial charge in [0.15, 0.2) is 5.76 Å². The molecular formula is C23H21BrN4O3. The van der Waals surface area contributed by atoms with Crippen LogP contribution in [-0.4, -0.2) is 22.5 Å². The molecule has 31 heavy (non-hydrogen) atoms. The van der Waals surface area contributed by atoms with Gasteiger partial charge in [-0.05, 0) is 72.4 Å². The first-order chi connectivity index (χ1) is 14.9. The van der Waals surface area contributed by atoms with Gasteiger partial charge in [0.2, 0.25) is 0 Å². The zero-order valence-electron chi connectivity index (χ0n) is 17.2. The molecule has 7 nitrogen and oxygen atoms in total. The largest absolute Gasteiger partial charge is 0.455 e. The smallest absolute Gasteiger partial charge is 0.291 e. The number of pyridine rings is 1. The number of hydrazone groups is 1. The van der Waals surface area contributed by atoms with Gasteiger partial charge in [-0.15, -0.1) is 0 Å². The lowest BCUT2D eigenvalue weighted by molar-refractivity contribution is 0.0953. The average molecular weight is 481 g/mol. The maximum Gasteiger partial charge on any atom is 0.291 e. The second-order valence-corrected chi connectivity index (χ2v) is 8.24. The first-order valence-corrected chi connectivity index (χ1v) is 10.7. The summed E-state index contributed by atoms with van der Waals surface area (Å²) in [6.45, 7) is 3.82. The van der Waals surface area contributed by atoms with Crippen molar-refractivity contribution < 1.29 is 14.0 Å².